The lowest BCUT2D eigenvalue weighted by Gasteiger charge is -2.47. The standard InChI is InChI=1S/C25H30FN5O3.C25H28FN5O2.C24H26FN5O3.C23H26FN5O3/c1-6-16-13-19(17-7-9-18(26)10-8-17)28-31-14-20(27-21(16)31)22(32)30-12-11-29(15-24(30,2)3)23(33)25(4,5)34;1-6-22(32)29-11-12-30(25(4,5)15-29)24(33)21-14-31-23(27-21)19(16(2)3)13-20(28-31)17-7-9-18(26)10-8-17;1-15-12-19(17-4-6-18(25)7-5-17)27-30-14-20(26-21(15)30)22(31)28-10-11-29(16(2)13-28)23(32)24(33)8-3-9-24;1-14-11-18(16-5-7-17(24)8-6-16)26-29-13-19(25-20(14)29)21(30)27-9-10-28(15(2)12-27)22(31)23(3,4)32/h7-10,13-14,34H,6,11-12,15H2,1-5H3;6-10,13-14,16H,1,11-12,15H2,2-5H3;4-7,12,14,16,33H,3,8-11,13H2,1-2H3;5-8,11,13,15,32H,9-10,12H2,1-4H3/t;;16-;15-/m..00/s1. The van der Waals surface area contributed by atoms with Gasteiger partial charge in [0.1, 0.15) is 62.8 Å². The Morgan fingerprint density at radius 3 is 1.17 bits per heavy atom. The third kappa shape index (κ3) is 20.0. The van der Waals surface area contributed by atoms with Crippen molar-refractivity contribution in [2.75, 3.05) is 78.5 Å². The summed E-state index contributed by atoms with van der Waals surface area (Å²) in [5.74, 6) is -3.08. The third-order valence-corrected chi connectivity index (χ3v) is 24.7. The molecule has 3 N–H and O–H groups in total. The zero-order valence-corrected chi connectivity index (χ0v) is 76.8. The average Bonchev–Trinajstić information content (AvgIpc) is 1.56. The molecule has 0 spiro atoms. The monoisotopic (exact) mass is 1810 g/mol. The van der Waals surface area contributed by atoms with Crippen molar-refractivity contribution in [3.05, 3.63) is 227 Å². The molecule has 0 radical (unpaired) electrons. The molecule has 0 bridgehead atoms. The highest BCUT2D eigenvalue weighted by Gasteiger charge is 2.48. The fraction of sp³-hybridized carbons (Fsp3) is 0.402. The molecule has 8 amide bonds. The first kappa shape index (κ1) is 94.6. The minimum Gasteiger partial charge on any atom is -0.381 e. The maximum Gasteiger partial charge on any atom is 0.274 e. The van der Waals surface area contributed by atoms with E-state index in [1.165, 1.54) is 82.3 Å². The van der Waals surface area contributed by atoms with E-state index in [4.69, 9.17) is 0 Å². The zero-order chi connectivity index (χ0) is 95.3. The Kier molecular flexibility index (Phi) is 26.8. The normalized spacial score (nSPS) is 17.3. The Balaban J connectivity index is 0.000000142. The molecule has 0 unspecified atom stereocenters. The highest BCUT2D eigenvalue weighted by atomic mass is 19.1. The predicted molar refractivity (Wildman–Crippen MR) is 486 cm³/mol. The fourth-order valence-electron chi connectivity index (χ4n) is 17.2. The number of rotatable bonds is 14. The van der Waals surface area contributed by atoms with Gasteiger partial charge < -0.3 is 54.5 Å². The molecule has 4 saturated heterocycles. The Labute approximate surface area is 761 Å². The molecule has 12 aromatic rings. The van der Waals surface area contributed by atoms with Gasteiger partial charge in [-0.25, -0.2) is 55.6 Å². The van der Waals surface area contributed by atoms with E-state index in [-0.39, 0.29) is 106 Å². The molecule has 4 aliphatic heterocycles. The van der Waals surface area contributed by atoms with E-state index in [2.05, 4.69) is 60.8 Å². The van der Waals surface area contributed by atoms with E-state index in [0.717, 1.165) is 50.9 Å². The van der Waals surface area contributed by atoms with E-state index in [1.807, 2.05) is 86.6 Å². The van der Waals surface area contributed by atoms with Gasteiger partial charge in [-0.3, -0.25) is 38.4 Å². The summed E-state index contributed by atoms with van der Waals surface area (Å²) in [5.41, 5.74) is 7.46. The number of hydrogen-bond acceptors (Lipinski definition) is 19. The van der Waals surface area contributed by atoms with Crippen molar-refractivity contribution in [3.8, 4) is 45.0 Å². The van der Waals surface area contributed by atoms with E-state index in [0.29, 0.717) is 149 Å². The fourth-order valence-corrected chi connectivity index (χ4v) is 17.2. The predicted octanol–water partition coefficient (Wildman–Crippen LogP) is 11.6. The van der Waals surface area contributed by atoms with Crippen molar-refractivity contribution >= 4 is 69.8 Å². The average molecular weight is 1810 g/mol. The summed E-state index contributed by atoms with van der Waals surface area (Å²) in [6.07, 6.45) is 10.3. The van der Waals surface area contributed by atoms with Crippen LogP contribution in [0.5, 0.6) is 0 Å². The van der Waals surface area contributed by atoms with Gasteiger partial charge in [-0.1, -0.05) is 27.4 Å². The molecular weight excluding hydrogens is 1700 g/mol. The van der Waals surface area contributed by atoms with Crippen molar-refractivity contribution in [2.24, 2.45) is 0 Å². The van der Waals surface area contributed by atoms with E-state index < -0.39 is 27.9 Å². The number of aromatic nitrogens is 12. The third-order valence-electron chi connectivity index (χ3n) is 24.7. The van der Waals surface area contributed by atoms with Gasteiger partial charge in [0, 0.05) is 118 Å². The smallest absolute Gasteiger partial charge is 0.274 e. The number of aliphatic hydroxyl groups is 3. The van der Waals surface area contributed by atoms with Gasteiger partial charge in [0.25, 0.3) is 41.4 Å². The van der Waals surface area contributed by atoms with E-state index in [9.17, 15) is 71.2 Å². The molecule has 8 aromatic heterocycles. The van der Waals surface area contributed by atoms with Gasteiger partial charge in [0.2, 0.25) is 5.91 Å². The Bertz CT molecular complexity index is 6430. The van der Waals surface area contributed by atoms with Crippen LogP contribution in [0.1, 0.15) is 179 Å². The number of carbonyl (C=O) groups excluding carboxylic acids is 8. The van der Waals surface area contributed by atoms with Gasteiger partial charge in [-0.15, -0.1) is 0 Å². The van der Waals surface area contributed by atoms with Gasteiger partial charge in [0.15, 0.2) is 22.6 Å². The molecule has 1 aliphatic carbocycles. The van der Waals surface area contributed by atoms with Gasteiger partial charge in [-0.05, 0) is 259 Å². The quantitative estimate of drug-likeness (QED) is 0.0672. The minimum absolute atomic E-state index is 0.137. The van der Waals surface area contributed by atoms with Crippen LogP contribution in [0.2, 0.25) is 0 Å². The molecule has 12 heterocycles. The summed E-state index contributed by atoms with van der Waals surface area (Å²) < 4.78 is 59.6. The molecule has 2 atom stereocenters. The first-order valence-corrected chi connectivity index (χ1v) is 44.1. The maximum absolute atomic E-state index is 13.5. The maximum atomic E-state index is 13.5. The van der Waals surface area contributed by atoms with Crippen LogP contribution in [-0.2, 0) is 25.6 Å². The highest BCUT2D eigenvalue weighted by Crippen LogP contribution is 2.37. The summed E-state index contributed by atoms with van der Waals surface area (Å²) in [6, 6.07) is 31.6. The van der Waals surface area contributed by atoms with Crippen LogP contribution in [0, 0.1) is 37.1 Å². The lowest BCUT2D eigenvalue weighted by atomic mass is 9.79. The van der Waals surface area contributed by atoms with Crippen LogP contribution in [0.4, 0.5) is 17.6 Å². The molecule has 1 saturated carbocycles. The molecule has 5 aliphatic rings. The number of imidazole rings is 4. The van der Waals surface area contributed by atoms with Crippen molar-refractivity contribution < 1.29 is 71.2 Å². The lowest BCUT2D eigenvalue weighted by Crippen LogP contribution is -2.64. The summed E-state index contributed by atoms with van der Waals surface area (Å²) in [4.78, 5) is 135. The van der Waals surface area contributed by atoms with Gasteiger partial charge in [0.05, 0.1) is 58.6 Å². The first-order chi connectivity index (χ1) is 62.3. The van der Waals surface area contributed by atoms with Crippen LogP contribution >= 0.6 is 0 Å². The molecule has 35 heteroatoms. The second kappa shape index (κ2) is 37.4. The summed E-state index contributed by atoms with van der Waals surface area (Å²) in [7, 11) is 0. The first-order valence-electron chi connectivity index (χ1n) is 44.1. The molecule has 17 rings (SSSR count). The topological polar surface area (TPSA) is 344 Å². The Morgan fingerprint density at radius 1 is 0.462 bits per heavy atom. The van der Waals surface area contributed by atoms with Crippen molar-refractivity contribution in [3.63, 3.8) is 0 Å². The van der Waals surface area contributed by atoms with Crippen LogP contribution < -0.4 is 0 Å². The summed E-state index contributed by atoms with van der Waals surface area (Å²) in [6.45, 7) is 35.1. The Hall–Kier alpha value is -13.5. The molecule has 31 nitrogen and oxygen atoms in total. The second-order valence-corrected chi connectivity index (χ2v) is 37.0. The van der Waals surface area contributed by atoms with Crippen LogP contribution in [0.3, 0.4) is 0 Å². The molecule has 5 fully saturated rings. The number of aryl methyl sites for hydroxylation is 3. The number of benzene rings is 4. The summed E-state index contributed by atoms with van der Waals surface area (Å²) >= 11 is 0. The van der Waals surface area contributed by atoms with E-state index in [1.54, 1.807) is 131 Å². The number of halogens is 4. The number of nitrogens with zero attached hydrogens (tertiary/aromatic N) is 20. The van der Waals surface area contributed by atoms with Crippen LogP contribution in [-0.4, -0.2) is 279 Å². The van der Waals surface area contributed by atoms with Crippen molar-refractivity contribution in [1.82, 2.24) is 97.6 Å². The van der Waals surface area contributed by atoms with Gasteiger partial charge >= 0.3 is 0 Å². The molecule has 4 aromatic carbocycles. The molecular formula is C97H110F4N20O11. The minimum atomic E-state index is -1.46. The van der Waals surface area contributed by atoms with Gasteiger partial charge in [-0.2, -0.15) is 20.4 Å². The van der Waals surface area contributed by atoms with Crippen LogP contribution in [0.25, 0.3) is 67.6 Å². The number of fused-ring (bicyclic) bond motifs is 4. The Morgan fingerprint density at radius 2 is 0.803 bits per heavy atom. The lowest BCUT2D eigenvalue weighted by molar-refractivity contribution is -0.164. The highest BCUT2D eigenvalue weighted by molar-refractivity contribution is 5.97. The number of hydrogen-bond donors (Lipinski definition) is 3. The number of carbonyl (C=O) groups is 8. The largest absolute Gasteiger partial charge is 0.381 e. The molecule has 132 heavy (non-hydrogen) atoms. The number of amides is 8. The van der Waals surface area contributed by atoms with Crippen molar-refractivity contribution in [2.45, 2.75) is 175 Å². The molecule has 692 valence electrons. The SMILES string of the molecule is C=CC(=O)N1CCN(C(=O)c2cn3nc(-c4ccc(F)cc4)cc(C(C)C)c3n2)C(C)(C)C1.CCc1cc(-c2ccc(F)cc2)nn2cc(C(=O)N3CCN(C(=O)C(C)(C)O)CC3(C)C)nc12.Cc1cc(-c2ccc(F)cc2)nn2cc(C(=O)N3CCN(C(=O)C(C)(C)O)[C@@H](C)C3)nc12.Cc1cc(-c2ccc(F)cc2)nn2cc(C(=O)N3CCN(C(=O)C4(O)CCC4)[C@@H](C)C3)nc12. The zero-order valence-electron chi connectivity index (χ0n) is 76.8. The van der Waals surface area contributed by atoms with E-state index >= 15 is 0 Å². The second-order valence-electron chi connectivity index (χ2n) is 37.0. The van der Waals surface area contributed by atoms with Crippen LogP contribution in [0.15, 0.2) is 159 Å². The van der Waals surface area contributed by atoms with Crippen molar-refractivity contribution in [1.29, 1.82) is 0 Å². The summed E-state index contributed by atoms with van der Waals surface area (Å²) in [5, 5.41) is 48.9. The number of piperazine rings is 4.